The first-order chi connectivity index (χ1) is 12.9. The Kier molecular flexibility index (Phi) is 7.90. The van der Waals surface area contributed by atoms with Gasteiger partial charge in [0, 0.05) is 6.20 Å². The maximum Gasteiger partial charge on any atom is 0.266 e. The second kappa shape index (κ2) is 10.1. The highest BCUT2D eigenvalue weighted by molar-refractivity contribution is 7.90. The number of hydrogen-bond acceptors (Lipinski definition) is 6. The number of ether oxygens (including phenoxy) is 2. The number of nitrogens with one attached hydrogen (secondary N) is 1. The second-order valence-electron chi connectivity index (χ2n) is 6.19. The van der Waals surface area contributed by atoms with E-state index in [-0.39, 0.29) is 24.0 Å². The summed E-state index contributed by atoms with van der Waals surface area (Å²) in [4.78, 5) is 16.2. The summed E-state index contributed by atoms with van der Waals surface area (Å²) in [6, 6.07) is 12.9. The number of amides is 1. The van der Waals surface area contributed by atoms with Crippen molar-refractivity contribution >= 4 is 15.9 Å². The second-order valence-corrected chi connectivity index (χ2v) is 8.03. The predicted molar refractivity (Wildman–Crippen MR) is 102 cm³/mol. The van der Waals surface area contributed by atoms with E-state index in [2.05, 4.69) is 4.98 Å². The molecule has 1 aromatic carbocycles. The highest BCUT2D eigenvalue weighted by Gasteiger charge is 2.16. The van der Waals surface area contributed by atoms with Gasteiger partial charge in [0.1, 0.15) is 0 Å². The van der Waals surface area contributed by atoms with Crippen LogP contribution in [0.3, 0.4) is 0 Å². The molecule has 0 aliphatic carbocycles. The molecule has 0 atom stereocenters. The summed E-state index contributed by atoms with van der Waals surface area (Å²) in [5.74, 6) is -1.00. The Morgan fingerprint density at radius 1 is 1.11 bits per heavy atom. The SMILES string of the molecule is CC(C)OCCS(=O)(=O)NC(=O)c1ccc(COCc2ccccc2)nc1. The summed E-state index contributed by atoms with van der Waals surface area (Å²) in [6.45, 7) is 4.39. The van der Waals surface area contributed by atoms with Crippen molar-refractivity contribution in [3.05, 3.63) is 65.5 Å². The van der Waals surface area contributed by atoms with Crippen molar-refractivity contribution in [1.82, 2.24) is 9.71 Å². The van der Waals surface area contributed by atoms with Crippen molar-refractivity contribution in [1.29, 1.82) is 0 Å². The zero-order valence-electron chi connectivity index (χ0n) is 15.4. The lowest BCUT2D eigenvalue weighted by Crippen LogP contribution is -2.34. The first kappa shape index (κ1) is 21.0. The van der Waals surface area contributed by atoms with Gasteiger partial charge in [-0.3, -0.25) is 9.78 Å². The van der Waals surface area contributed by atoms with Crippen LogP contribution in [-0.2, 0) is 32.7 Å². The summed E-state index contributed by atoms with van der Waals surface area (Å²) in [5, 5.41) is 0. The number of benzene rings is 1. The Bertz CT molecular complexity index is 821. The molecule has 1 heterocycles. The number of sulfonamides is 1. The van der Waals surface area contributed by atoms with E-state index >= 15 is 0 Å². The maximum absolute atomic E-state index is 12.1. The Balaban J connectivity index is 1.82. The summed E-state index contributed by atoms with van der Waals surface area (Å²) < 4.78 is 36.6. The Morgan fingerprint density at radius 2 is 1.85 bits per heavy atom. The van der Waals surface area contributed by atoms with Gasteiger partial charge in [0.15, 0.2) is 0 Å². The fourth-order valence-electron chi connectivity index (χ4n) is 2.14. The minimum atomic E-state index is -3.76. The summed E-state index contributed by atoms with van der Waals surface area (Å²) in [6.07, 6.45) is 1.26. The van der Waals surface area contributed by atoms with E-state index in [1.165, 1.54) is 12.3 Å². The fraction of sp³-hybridized carbons (Fsp3) is 0.368. The fourth-order valence-corrected chi connectivity index (χ4v) is 2.95. The van der Waals surface area contributed by atoms with Crippen LogP contribution in [0, 0.1) is 0 Å². The number of aromatic nitrogens is 1. The van der Waals surface area contributed by atoms with Crippen molar-refractivity contribution in [2.75, 3.05) is 12.4 Å². The van der Waals surface area contributed by atoms with Crippen molar-refractivity contribution in [3.8, 4) is 0 Å². The number of rotatable bonds is 10. The van der Waals surface area contributed by atoms with E-state index < -0.39 is 15.9 Å². The van der Waals surface area contributed by atoms with Gasteiger partial charge >= 0.3 is 0 Å². The first-order valence-corrected chi connectivity index (χ1v) is 10.2. The van der Waals surface area contributed by atoms with E-state index in [4.69, 9.17) is 9.47 Å². The van der Waals surface area contributed by atoms with Gasteiger partial charge in [0.25, 0.3) is 5.91 Å². The minimum Gasteiger partial charge on any atom is -0.378 e. The average Bonchev–Trinajstić information content (AvgIpc) is 2.62. The van der Waals surface area contributed by atoms with Gasteiger partial charge < -0.3 is 9.47 Å². The van der Waals surface area contributed by atoms with Gasteiger partial charge in [0.2, 0.25) is 10.0 Å². The topological polar surface area (TPSA) is 94.6 Å². The lowest BCUT2D eigenvalue weighted by atomic mass is 10.2. The number of nitrogens with zero attached hydrogens (tertiary/aromatic N) is 1. The number of hydrogen-bond donors (Lipinski definition) is 1. The molecule has 0 fully saturated rings. The van der Waals surface area contributed by atoms with Gasteiger partial charge in [-0.15, -0.1) is 0 Å². The van der Waals surface area contributed by atoms with Gasteiger partial charge in [-0.2, -0.15) is 0 Å². The van der Waals surface area contributed by atoms with Crippen LogP contribution in [-0.4, -0.2) is 37.8 Å². The Hall–Kier alpha value is -2.29. The zero-order chi connectivity index (χ0) is 19.7. The van der Waals surface area contributed by atoms with E-state index in [0.717, 1.165) is 5.56 Å². The lowest BCUT2D eigenvalue weighted by Gasteiger charge is -2.09. The molecule has 7 nitrogen and oxygen atoms in total. The smallest absolute Gasteiger partial charge is 0.266 e. The standard InChI is InChI=1S/C19H24N2O5S/c1-15(2)26-10-11-27(23,24)21-19(22)17-8-9-18(20-12-17)14-25-13-16-6-4-3-5-7-16/h3-9,12,15H,10-11,13-14H2,1-2H3,(H,21,22). The average molecular weight is 392 g/mol. The molecular weight excluding hydrogens is 368 g/mol. The number of pyridine rings is 1. The van der Waals surface area contributed by atoms with Crippen LogP contribution in [0.2, 0.25) is 0 Å². The van der Waals surface area contributed by atoms with Gasteiger partial charge in [-0.05, 0) is 31.5 Å². The first-order valence-electron chi connectivity index (χ1n) is 8.59. The normalized spacial score (nSPS) is 11.5. The molecule has 146 valence electrons. The maximum atomic E-state index is 12.1. The quantitative estimate of drug-likeness (QED) is 0.667. The molecule has 0 unspecified atom stereocenters. The van der Waals surface area contributed by atoms with Crippen molar-refractivity contribution in [2.45, 2.75) is 33.2 Å². The molecule has 1 N–H and O–H groups in total. The molecule has 0 saturated carbocycles. The van der Waals surface area contributed by atoms with Crippen LogP contribution in [0.15, 0.2) is 48.7 Å². The highest BCUT2D eigenvalue weighted by Crippen LogP contribution is 2.06. The van der Waals surface area contributed by atoms with Gasteiger partial charge in [0.05, 0.1) is 42.9 Å². The van der Waals surface area contributed by atoms with Crippen LogP contribution in [0.4, 0.5) is 0 Å². The largest absolute Gasteiger partial charge is 0.378 e. The molecule has 8 heteroatoms. The van der Waals surface area contributed by atoms with Crippen molar-refractivity contribution < 1.29 is 22.7 Å². The van der Waals surface area contributed by atoms with E-state index in [1.807, 2.05) is 48.9 Å². The van der Waals surface area contributed by atoms with Crippen LogP contribution in [0.25, 0.3) is 0 Å². The molecule has 0 radical (unpaired) electrons. The molecule has 0 spiro atoms. The summed E-state index contributed by atoms with van der Waals surface area (Å²) >= 11 is 0. The molecule has 27 heavy (non-hydrogen) atoms. The predicted octanol–water partition coefficient (Wildman–Crippen LogP) is 2.28. The Labute approximate surface area is 159 Å². The van der Waals surface area contributed by atoms with Crippen LogP contribution >= 0.6 is 0 Å². The number of carbonyl (C=O) groups excluding carboxylic acids is 1. The molecule has 2 rings (SSSR count). The molecule has 0 saturated heterocycles. The monoisotopic (exact) mass is 392 g/mol. The molecule has 1 aromatic heterocycles. The number of carbonyl (C=O) groups is 1. The molecule has 0 aliphatic heterocycles. The Morgan fingerprint density at radius 3 is 2.48 bits per heavy atom. The third-order valence-electron chi connectivity index (χ3n) is 3.50. The van der Waals surface area contributed by atoms with E-state index in [1.54, 1.807) is 6.07 Å². The molecule has 0 bridgehead atoms. The molecule has 1 amide bonds. The van der Waals surface area contributed by atoms with Crippen molar-refractivity contribution in [2.24, 2.45) is 0 Å². The minimum absolute atomic E-state index is 0.0240. The van der Waals surface area contributed by atoms with Crippen LogP contribution in [0.1, 0.15) is 35.5 Å². The van der Waals surface area contributed by atoms with E-state index in [0.29, 0.717) is 18.9 Å². The summed E-state index contributed by atoms with van der Waals surface area (Å²) in [7, 11) is -3.76. The zero-order valence-corrected chi connectivity index (χ0v) is 16.2. The van der Waals surface area contributed by atoms with Gasteiger partial charge in [-0.1, -0.05) is 30.3 Å². The van der Waals surface area contributed by atoms with Crippen molar-refractivity contribution in [3.63, 3.8) is 0 Å². The third kappa shape index (κ3) is 7.86. The molecule has 0 aliphatic rings. The lowest BCUT2D eigenvalue weighted by molar-refractivity contribution is 0.0908. The summed E-state index contributed by atoms with van der Waals surface area (Å²) in [5.41, 5.74) is 1.87. The van der Waals surface area contributed by atoms with Crippen LogP contribution < -0.4 is 4.72 Å². The molecular formula is C19H24N2O5S. The molecule has 2 aromatic rings. The van der Waals surface area contributed by atoms with Crippen LogP contribution in [0.5, 0.6) is 0 Å². The third-order valence-corrected chi connectivity index (χ3v) is 4.70. The highest BCUT2D eigenvalue weighted by atomic mass is 32.2. The van der Waals surface area contributed by atoms with E-state index in [9.17, 15) is 13.2 Å². The van der Waals surface area contributed by atoms with Gasteiger partial charge in [-0.25, -0.2) is 13.1 Å².